The highest BCUT2D eigenvalue weighted by Crippen LogP contribution is 2.19. The molecule has 0 aliphatic carbocycles. The molecule has 1 fully saturated rings. The predicted molar refractivity (Wildman–Crippen MR) is 69.1 cm³/mol. The van der Waals surface area contributed by atoms with Crippen molar-refractivity contribution >= 4 is 5.69 Å². The van der Waals surface area contributed by atoms with Gasteiger partial charge in [-0.1, -0.05) is 18.2 Å². The van der Waals surface area contributed by atoms with E-state index in [1.807, 2.05) is 0 Å². The second-order valence-corrected chi connectivity index (χ2v) is 4.31. The summed E-state index contributed by atoms with van der Waals surface area (Å²) in [5, 5.41) is 54.7. The van der Waals surface area contributed by atoms with E-state index in [1.54, 1.807) is 18.2 Å². The second-order valence-electron chi connectivity index (χ2n) is 4.31. The maximum absolute atomic E-state index is 10.0. The molecule has 0 radical (unpaired) electrons. The number of nitro benzene ring substituents is 1. The lowest BCUT2D eigenvalue weighted by Gasteiger charge is -2.37. The van der Waals surface area contributed by atoms with Crippen molar-refractivity contribution in [1.29, 1.82) is 0 Å². The van der Waals surface area contributed by atoms with Crippen molar-refractivity contribution in [2.75, 3.05) is 6.61 Å². The molecule has 1 heterocycles. The Morgan fingerprint density at radius 1 is 1.05 bits per heavy atom. The lowest BCUT2D eigenvalue weighted by atomic mass is 10.00. The zero-order valence-corrected chi connectivity index (χ0v) is 10.9. The fourth-order valence-electron chi connectivity index (χ4n) is 1.63. The maximum atomic E-state index is 10.0. The molecule has 1 aliphatic rings. The molecule has 0 spiro atoms. The molecule has 5 N–H and O–H groups in total. The number of nitrogens with zero attached hydrogens (tertiary/aromatic N) is 1. The van der Waals surface area contributed by atoms with E-state index >= 15 is 0 Å². The summed E-state index contributed by atoms with van der Waals surface area (Å²) in [4.78, 5) is 9.59. The molecule has 9 nitrogen and oxygen atoms in total. The van der Waals surface area contributed by atoms with E-state index in [9.17, 15) is 10.1 Å². The van der Waals surface area contributed by atoms with Gasteiger partial charge >= 0.3 is 0 Å². The first kappa shape index (κ1) is 17.4. The SMILES string of the molecule is O=[N+]([O-])c1ccccc1.OC[C@H]1O[C@@H](O)[C@H](O)[C@@H](O)[C@@H]1O. The molecule has 9 heteroatoms. The van der Waals surface area contributed by atoms with Crippen molar-refractivity contribution in [2.24, 2.45) is 0 Å². The molecule has 118 valence electrons. The van der Waals surface area contributed by atoms with Crippen LogP contribution in [0.5, 0.6) is 0 Å². The molecule has 1 saturated heterocycles. The van der Waals surface area contributed by atoms with Crippen LogP contribution < -0.4 is 0 Å². The molecule has 0 unspecified atom stereocenters. The Morgan fingerprint density at radius 3 is 2.05 bits per heavy atom. The van der Waals surface area contributed by atoms with E-state index in [1.165, 1.54) is 12.1 Å². The number of aliphatic hydroxyl groups is 5. The highest BCUT2D eigenvalue weighted by atomic mass is 16.6. The topological polar surface area (TPSA) is 154 Å². The lowest BCUT2D eigenvalue weighted by Crippen LogP contribution is -2.58. The quantitative estimate of drug-likeness (QED) is 0.322. The Morgan fingerprint density at radius 2 is 1.62 bits per heavy atom. The van der Waals surface area contributed by atoms with Crippen LogP contribution in [0.2, 0.25) is 0 Å². The predicted octanol–water partition coefficient (Wildman–Crippen LogP) is -1.63. The Kier molecular flexibility index (Phi) is 6.62. The Hall–Kier alpha value is -1.62. The fourth-order valence-corrected chi connectivity index (χ4v) is 1.63. The monoisotopic (exact) mass is 303 g/mol. The molecule has 21 heavy (non-hydrogen) atoms. The zero-order valence-electron chi connectivity index (χ0n) is 10.9. The van der Waals surface area contributed by atoms with E-state index in [0.717, 1.165) is 0 Å². The third-order valence-electron chi connectivity index (χ3n) is 2.83. The highest BCUT2D eigenvalue weighted by molar-refractivity contribution is 5.27. The van der Waals surface area contributed by atoms with Crippen molar-refractivity contribution in [2.45, 2.75) is 30.7 Å². The summed E-state index contributed by atoms with van der Waals surface area (Å²) in [6, 6.07) is 7.93. The molecule has 5 atom stereocenters. The van der Waals surface area contributed by atoms with Gasteiger partial charge in [-0.15, -0.1) is 0 Å². The van der Waals surface area contributed by atoms with Crippen LogP contribution in [-0.2, 0) is 4.74 Å². The van der Waals surface area contributed by atoms with Gasteiger partial charge in [0, 0.05) is 12.1 Å². The molecular formula is C12H17NO8. The number of para-hydroxylation sites is 1. The number of nitro groups is 1. The molecule has 0 saturated carbocycles. The zero-order chi connectivity index (χ0) is 16.0. The fraction of sp³-hybridized carbons (Fsp3) is 0.500. The minimum atomic E-state index is -1.57. The minimum absolute atomic E-state index is 0.137. The third-order valence-corrected chi connectivity index (χ3v) is 2.83. The number of rotatable bonds is 2. The van der Waals surface area contributed by atoms with Crippen LogP contribution in [0, 0.1) is 10.1 Å². The second kappa shape index (κ2) is 7.98. The molecule has 2 rings (SSSR count). The summed E-state index contributed by atoms with van der Waals surface area (Å²) < 4.78 is 4.58. The summed E-state index contributed by atoms with van der Waals surface area (Å²) in [6.45, 7) is -0.526. The summed E-state index contributed by atoms with van der Waals surface area (Å²) >= 11 is 0. The number of aliphatic hydroxyl groups excluding tert-OH is 5. The van der Waals surface area contributed by atoms with Crippen molar-refractivity contribution in [3.8, 4) is 0 Å². The van der Waals surface area contributed by atoms with Gasteiger partial charge < -0.3 is 30.3 Å². The van der Waals surface area contributed by atoms with Crippen molar-refractivity contribution in [1.82, 2.24) is 0 Å². The minimum Gasteiger partial charge on any atom is -0.394 e. The summed E-state index contributed by atoms with van der Waals surface area (Å²) in [7, 11) is 0. The van der Waals surface area contributed by atoms with Gasteiger partial charge in [0.25, 0.3) is 5.69 Å². The maximum Gasteiger partial charge on any atom is 0.269 e. The molecule has 0 bridgehead atoms. The molecule has 1 aromatic carbocycles. The smallest absolute Gasteiger partial charge is 0.269 e. The molecule has 1 aromatic rings. The van der Waals surface area contributed by atoms with Crippen LogP contribution in [0.25, 0.3) is 0 Å². The van der Waals surface area contributed by atoms with Gasteiger partial charge in [-0.3, -0.25) is 10.1 Å². The highest BCUT2D eigenvalue weighted by Gasteiger charge is 2.42. The molecular weight excluding hydrogens is 286 g/mol. The van der Waals surface area contributed by atoms with Crippen LogP contribution >= 0.6 is 0 Å². The van der Waals surface area contributed by atoms with Gasteiger partial charge in [-0.25, -0.2) is 0 Å². The largest absolute Gasteiger partial charge is 0.394 e. The van der Waals surface area contributed by atoms with Crippen molar-refractivity contribution in [3.63, 3.8) is 0 Å². The van der Waals surface area contributed by atoms with E-state index in [-0.39, 0.29) is 5.69 Å². The van der Waals surface area contributed by atoms with Gasteiger partial charge in [0.05, 0.1) is 11.5 Å². The number of benzene rings is 1. The van der Waals surface area contributed by atoms with Crippen LogP contribution in [0.3, 0.4) is 0 Å². The first-order valence-corrected chi connectivity index (χ1v) is 6.06. The van der Waals surface area contributed by atoms with Crippen molar-refractivity contribution < 1.29 is 35.2 Å². The lowest BCUT2D eigenvalue weighted by molar-refractivity contribution is -0.384. The van der Waals surface area contributed by atoms with Crippen molar-refractivity contribution in [3.05, 3.63) is 40.4 Å². The molecule has 0 aromatic heterocycles. The first-order chi connectivity index (χ1) is 9.88. The van der Waals surface area contributed by atoms with Crippen LogP contribution in [0.1, 0.15) is 0 Å². The van der Waals surface area contributed by atoms with Gasteiger partial charge in [0.15, 0.2) is 6.29 Å². The van der Waals surface area contributed by atoms with Gasteiger partial charge in [-0.05, 0) is 0 Å². The molecule has 0 amide bonds. The number of hydrogen-bond acceptors (Lipinski definition) is 8. The Labute approximate surface area is 119 Å². The van der Waals surface area contributed by atoms with Crippen LogP contribution in [0.15, 0.2) is 30.3 Å². The Bertz CT molecular complexity index is 437. The van der Waals surface area contributed by atoms with Crippen LogP contribution in [0.4, 0.5) is 5.69 Å². The number of ether oxygens (including phenoxy) is 1. The summed E-state index contributed by atoms with van der Waals surface area (Å²) in [6.07, 6.45) is -7.04. The number of non-ortho nitro benzene ring substituents is 1. The normalized spacial score (nSPS) is 32.0. The van der Waals surface area contributed by atoms with E-state index < -0.39 is 42.2 Å². The van der Waals surface area contributed by atoms with E-state index in [4.69, 9.17) is 25.5 Å². The Balaban J connectivity index is 0.000000219. The summed E-state index contributed by atoms with van der Waals surface area (Å²) in [5.41, 5.74) is 0.137. The van der Waals surface area contributed by atoms with Gasteiger partial charge in [-0.2, -0.15) is 0 Å². The van der Waals surface area contributed by atoms with Gasteiger partial charge in [0.2, 0.25) is 0 Å². The third kappa shape index (κ3) is 4.70. The van der Waals surface area contributed by atoms with Crippen LogP contribution in [-0.4, -0.2) is 67.8 Å². The van der Waals surface area contributed by atoms with E-state index in [2.05, 4.69) is 4.74 Å². The van der Waals surface area contributed by atoms with Gasteiger partial charge in [0.1, 0.15) is 24.4 Å². The average Bonchev–Trinajstić information content (AvgIpc) is 2.50. The standard InChI is InChI=1S/C6H5NO2.C6H12O6/c8-7(9)6-4-2-1-3-5-6;7-1-2-3(8)4(9)5(10)6(11)12-2/h1-5H;2-11H,1H2/t;2-,3-,4+,5-,6-/m.1/s1. The molecule has 1 aliphatic heterocycles. The summed E-state index contributed by atoms with van der Waals surface area (Å²) in [5.74, 6) is 0. The first-order valence-electron chi connectivity index (χ1n) is 6.06. The van der Waals surface area contributed by atoms with E-state index in [0.29, 0.717) is 0 Å². The number of hydrogen-bond donors (Lipinski definition) is 5. The average molecular weight is 303 g/mol.